The maximum atomic E-state index is 13.2. The van der Waals surface area contributed by atoms with Gasteiger partial charge in [-0.15, -0.1) is 0 Å². The second-order valence-electron chi connectivity index (χ2n) is 2.96. The van der Waals surface area contributed by atoms with Crippen LogP contribution in [0.4, 0.5) is 15.9 Å². The molecule has 2 rings (SSSR count). The summed E-state index contributed by atoms with van der Waals surface area (Å²) >= 11 is 0. The monoisotopic (exact) mass is 180 g/mol. The van der Waals surface area contributed by atoms with Crippen molar-refractivity contribution in [3.05, 3.63) is 24.3 Å². The minimum Gasteiger partial charge on any atom is -0.312 e. The summed E-state index contributed by atoms with van der Waals surface area (Å²) in [5.74, 6) is -0.235. The first kappa shape index (κ1) is 8.04. The van der Waals surface area contributed by atoms with Gasteiger partial charge in [-0.3, -0.25) is 4.79 Å². The molecule has 1 aromatic rings. The average molecular weight is 180 g/mol. The van der Waals surface area contributed by atoms with E-state index in [1.807, 2.05) is 0 Å². The predicted octanol–water partition coefficient (Wildman–Crippen LogP) is 1.35. The summed E-state index contributed by atoms with van der Waals surface area (Å²) in [6, 6.07) is 6.90. The molecule has 0 aliphatic carbocycles. The minimum atomic E-state index is -0.235. The van der Waals surface area contributed by atoms with Gasteiger partial charge in [0.25, 0.3) is 0 Å². The van der Waals surface area contributed by atoms with Gasteiger partial charge in [-0.2, -0.15) is 0 Å². The normalized spacial score (nSPS) is 16.0. The van der Waals surface area contributed by atoms with Crippen molar-refractivity contribution in [2.75, 3.05) is 23.6 Å². The van der Waals surface area contributed by atoms with Crippen molar-refractivity contribution in [1.29, 1.82) is 0 Å². The molecule has 0 saturated carbocycles. The smallest absolute Gasteiger partial charge is 0.249 e. The maximum absolute atomic E-state index is 13.2. The van der Waals surface area contributed by atoms with Crippen LogP contribution < -0.4 is 10.0 Å². The van der Waals surface area contributed by atoms with Crippen LogP contribution >= 0.6 is 0 Å². The fourth-order valence-electron chi connectivity index (χ4n) is 1.40. The molecule has 1 amide bonds. The van der Waals surface area contributed by atoms with E-state index >= 15 is 0 Å². The summed E-state index contributed by atoms with van der Waals surface area (Å²) in [6.07, 6.45) is 0. The molecule has 1 aliphatic heterocycles. The van der Waals surface area contributed by atoms with E-state index in [2.05, 4.69) is 0 Å². The van der Waals surface area contributed by atoms with E-state index < -0.39 is 0 Å². The molecule has 0 spiro atoms. The largest absolute Gasteiger partial charge is 0.312 e. The van der Waals surface area contributed by atoms with Gasteiger partial charge in [-0.1, -0.05) is 16.6 Å². The van der Waals surface area contributed by atoms with Crippen molar-refractivity contribution < 1.29 is 9.28 Å². The number of carbonyl (C=O) groups is 1. The van der Waals surface area contributed by atoms with E-state index in [4.69, 9.17) is 0 Å². The van der Waals surface area contributed by atoms with Gasteiger partial charge in [-0.05, 0) is 12.1 Å². The number of carbonyl (C=O) groups excluding carboxylic acids is 1. The number of hydrogen-bond donors (Lipinski definition) is 0. The van der Waals surface area contributed by atoms with Crippen molar-refractivity contribution in [1.82, 2.24) is 0 Å². The van der Waals surface area contributed by atoms with Crippen molar-refractivity contribution in [3.8, 4) is 0 Å². The van der Waals surface area contributed by atoms with Crippen molar-refractivity contribution in [2.45, 2.75) is 0 Å². The van der Waals surface area contributed by atoms with Gasteiger partial charge in [0.15, 0.2) is 0 Å². The highest BCUT2D eigenvalue weighted by Gasteiger charge is 2.25. The number of likely N-dealkylation sites (N-methyl/N-ethyl adjacent to an activating group) is 1. The number of halogens is 1. The zero-order chi connectivity index (χ0) is 9.42. The quantitative estimate of drug-likeness (QED) is 0.563. The lowest BCUT2D eigenvalue weighted by Gasteiger charge is -2.29. The number of amides is 1. The van der Waals surface area contributed by atoms with Crippen LogP contribution in [0.2, 0.25) is 0 Å². The van der Waals surface area contributed by atoms with E-state index in [0.29, 0.717) is 16.5 Å². The highest BCUT2D eigenvalue weighted by Crippen LogP contribution is 2.32. The lowest BCUT2D eigenvalue weighted by atomic mass is 10.2. The van der Waals surface area contributed by atoms with Crippen LogP contribution in [-0.2, 0) is 4.79 Å². The van der Waals surface area contributed by atoms with Gasteiger partial charge >= 0.3 is 0 Å². The van der Waals surface area contributed by atoms with Crippen LogP contribution in [-0.4, -0.2) is 19.5 Å². The van der Waals surface area contributed by atoms with Gasteiger partial charge in [0.2, 0.25) is 5.91 Å². The Hall–Kier alpha value is -1.58. The molecular formula is C9H9FN2O. The molecule has 1 aromatic carbocycles. The second kappa shape index (κ2) is 2.73. The third kappa shape index (κ3) is 1.14. The topological polar surface area (TPSA) is 23.6 Å². The Labute approximate surface area is 75.3 Å². The molecule has 1 aliphatic rings. The van der Waals surface area contributed by atoms with Crippen molar-refractivity contribution in [3.63, 3.8) is 0 Å². The zero-order valence-electron chi connectivity index (χ0n) is 7.20. The Balaban J connectivity index is 2.53. The Morgan fingerprint density at radius 1 is 1.31 bits per heavy atom. The summed E-state index contributed by atoms with van der Waals surface area (Å²) in [4.78, 5) is 12.7. The highest BCUT2D eigenvalue weighted by molar-refractivity contribution is 6.02. The van der Waals surface area contributed by atoms with E-state index in [1.54, 1.807) is 31.3 Å². The van der Waals surface area contributed by atoms with Gasteiger partial charge in [-0.25, -0.2) is 5.12 Å². The minimum absolute atomic E-state index is 0.201. The molecule has 0 N–H and O–H groups in total. The fourth-order valence-corrected chi connectivity index (χ4v) is 1.40. The molecule has 0 unspecified atom stereocenters. The summed E-state index contributed by atoms with van der Waals surface area (Å²) in [5.41, 5.74) is 1.06. The van der Waals surface area contributed by atoms with E-state index in [-0.39, 0.29) is 12.5 Å². The zero-order valence-corrected chi connectivity index (χ0v) is 7.20. The highest BCUT2D eigenvalue weighted by atomic mass is 19.2. The molecule has 4 heteroatoms. The molecular weight excluding hydrogens is 171 g/mol. The van der Waals surface area contributed by atoms with Crippen LogP contribution in [0.3, 0.4) is 0 Å². The lowest BCUT2D eigenvalue weighted by molar-refractivity contribution is -0.117. The van der Waals surface area contributed by atoms with Gasteiger partial charge in [0.1, 0.15) is 6.54 Å². The standard InChI is InChI=1S/C9H9FN2O/c1-11-7-4-2-3-5-8(7)12(10)6-9(11)13/h2-5H,6H2,1H3. The van der Waals surface area contributed by atoms with Crippen LogP contribution in [0.25, 0.3) is 0 Å². The lowest BCUT2D eigenvalue weighted by Crippen LogP contribution is -2.40. The Morgan fingerprint density at radius 3 is 2.62 bits per heavy atom. The number of benzene rings is 1. The molecule has 1 heterocycles. The van der Waals surface area contributed by atoms with Crippen LogP contribution in [0.5, 0.6) is 0 Å². The van der Waals surface area contributed by atoms with Crippen molar-refractivity contribution >= 4 is 17.3 Å². The number of para-hydroxylation sites is 2. The maximum Gasteiger partial charge on any atom is 0.249 e. The van der Waals surface area contributed by atoms with E-state index in [0.717, 1.165) is 0 Å². The molecule has 0 atom stereocenters. The number of rotatable bonds is 0. The first-order valence-electron chi connectivity index (χ1n) is 3.99. The second-order valence-corrected chi connectivity index (χ2v) is 2.96. The third-order valence-electron chi connectivity index (χ3n) is 2.15. The van der Waals surface area contributed by atoms with Crippen LogP contribution in [0.15, 0.2) is 24.3 Å². The Kier molecular flexibility index (Phi) is 1.69. The number of anilines is 2. The average Bonchev–Trinajstić information content (AvgIpc) is 2.15. The van der Waals surface area contributed by atoms with E-state index in [1.165, 1.54) is 4.90 Å². The van der Waals surface area contributed by atoms with E-state index in [9.17, 15) is 9.28 Å². The molecule has 0 fully saturated rings. The number of nitrogens with zero attached hydrogens (tertiary/aromatic N) is 2. The summed E-state index contributed by atoms with van der Waals surface area (Å²) in [5, 5.41) is 0.470. The number of fused-ring (bicyclic) bond motifs is 1. The van der Waals surface area contributed by atoms with Crippen LogP contribution in [0, 0.1) is 0 Å². The summed E-state index contributed by atoms with van der Waals surface area (Å²) in [6.45, 7) is -0.201. The molecule has 0 aromatic heterocycles. The first-order valence-corrected chi connectivity index (χ1v) is 3.99. The molecule has 68 valence electrons. The van der Waals surface area contributed by atoms with Gasteiger partial charge in [0.05, 0.1) is 11.4 Å². The third-order valence-corrected chi connectivity index (χ3v) is 2.15. The summed E-state index contributed by atoms with van der Waals surface area (Å²) in [7, 11) is 1.65. The van der Waals surface area contributed by atoms with Crippen molar-refractivity contribution in [2.24, 2.45) is 0 Å². The van der Waals surface area contributed by atoms with Gasteiger partial charge < -0.3 is 4.90 Å². The molecule has 13 heavy (non-hydrogen) atoms. The molecule has 0 bridgehead atoms. The fraction of sp³-hybridized carbons (Fsp3) is 0.222. The predicted molar refractivity (Wildman–Crippen MR) is 48.3 cm³/mol. The number of hydrogen-bond acceptors (Lipinski definition) is 2. The first-order chi connectivity index (χ1) is 6.20. The Morgan fingerprint density at radius 2 is 1.92 bits per heavy atom. The SMILES string of the molecule is CN1C(=O)CN(F)c2ccccc21. The Bertz CT molecular complexity index is 353. The molecule has 3 nitrogen and oxygen atoms in total. The summed E-state index contributed by atoms with van der Waals surface area (Å²) < 4.78 is 13.2. The van der Waals surface area contributed by atoms with Crippen LogP contribution in [0.1, 0.15) is 0 Å². The molecule has 0 radical (unpaired) electrons. The molecule has 0 saturated heterocycles. The van der Waals surface area contributed by atoms with Gasteiger partial charge in [0, 0.05) is 7.05 Å².